The van der Waals surface area contributed by atoms with Gasteiger partial charge in [-0.05, 0) is 68.3 Å². The van der Waals surface area contributed by atoms with Crippen LogP contribution in [0, 0.1) is 13.8 Å². The van der Waals surface area contributed by atoms with Crippen LogP contribution in [0.1, 0.15) is 18.1 Å². The third kappa shape index (κ3) is 5.12. The number of rotatable bonds is 6. The van der Waals surface area contributed by atoms with Crippen LogP contribution in [0.4, 0.5) is 17.1 Å². The molecule has 1 aliphatic heterocycles. The lowest BCUT2D eigenvalue weighted by molar-refractivity contribution is -0.116. The first-order valence-electron chi connectivity index (χ1n) is 9.97. The van der Waals surface area contributed by atoms with Crippen LogP contribution in [0.3, 0.4) is 0 Å². The van der Waals surface area contributed by atoms with Gasteiger partial charge in [-0.3, -0.25) is 9.10 Å². The van der Waals surface area contributed by atoms with Gasteiger partial charge in [0.15, 0.2) is 0 Å². The summed E-state index contributed by atoms with van der Waals surface area (Å²) in [7, 11) is -3.65. The summed E-state index contributed by atoms with van der Waals surface area (Å²) in [6.07, 6.45) is 1.11. The third-order valence-corrected chi connectivity index (χ3v) is 6.59. The quantitative estimate of drug-likeness (QED) is 0.761. The summed E-state index contributed by atoms with van der Waals surface area (Å²) in [4.78, 5) is 15.1. The Morgan fingerprint density at radius 1 is 1.07 bits per heavy atom. The Hall–Kier alpha value is -2.58. The molecule has 0 aromatic heterocycles. The molecule has 1 amide bonds. The number of nitrogens with one attached hydrogen (secondary N) is 1. The van der Waals surface area contributed by atoms with E-state index in [0.29, 0.717) is 24.6 Å². The van der Waals surface area contributed by atoms with Gasteiger partial charge in [-0.1, -0.05) is 6.07 Å². The minimum absolute atomic E-state index is 0.391. The molecule has 0 saturated carbocycles. The average Bonchev–Trinajstić information content (AvgIpc) is 2.71. The first-order valence-corrected chi connectivity index (χ1v) is 11.8. The van der Waals surface area contributed by atoms with Gasteiger partial charge in [0.1, 0.15) is 6.04 Å². The molecule has 3 rings (SSSR count). The minimum Gasteiger partial charge on any atom is -0.378 e. The van der Waals surface area contributed by atoms with Crippen LogP contribution in [0.15, 0.2) is 42.5 Å². The fraction of sp³-hybridized carbons (Fsp3) is 0.409. The number of anilines is 3. The van der Waals surface area contributed by atoms with Crippen molar-refractivity contribution < 1.29 is 17.9 Å². The van der Waals surface area contributed by atoms with Crippen LogP contribution in [0.2, 0.25) is 0 Å². The van der Waals surface area contributed by atoms with E-state index in [-0.39, 0.29) is 0 Å². The van der Waals surface area contributed by atoms with Crippen molar-refractivity contribution in [1.82, 2.24) is 0 Å². The maximum absolute atomic E-state index is 12.9. The molecule has 0 radical (unpaired) electrons. The number of sulfonamides is 1. The first-order chi connectivity index (χ1) is 14.2. The van der Waals surface area contributed by atoms with E-state index in [2.05, 4.69) is 10.2 Å². The van der Waals surface area contributed by atoms with Crippen molar-refractivity contribution in [2.75, 3.05) is 47.1 Å². The molecule has 7 nitrogen and oxygen atoms in total. The highest BCUT2D eigenvalue weighted by molar-refractivity contribution is 7.92. The SMILES string of the molecule is Cc1ccc(N([C@@H](C)C(=O)Nc2ccc(N3CCOCC3)cc2)S(C)(=O)=O)cc1C. The van der Waals surface area contributed by atoms with Crippen molar-refractivity contribution >= 4 is 33.0 Å². The summed E-state index contributed by atoms with van der Waals surface area (Å²) < 4.78 is 31.5. The van der Waals surface area contributed by atoms with E-state index in [9.17, 15) is 13.2 Å². The summed E-state index contributed by atoms with van der Waals surface area (Å²) in [6.45, 7) is 8.55. The van der Waals surface area contributed by atoms with E-state index in [0.717, 1.165) is 40.5 Å². The highest BCUT2D eigenvalue weighted by Gasteiger charge is 2.29. The lowest BCUT2D eigenvalue weighted by atomic mass is 10.1. The van der Waals surface area contributed by atoms with Crippen LogP contribution in [-0.4, -0.2) is 52.9 Å². The number of carbonyl (C=O) groups is 1. The molecule has 30 heavy (non-hydrogen) atoms. The van der Waals surface area contributed by atoms with Crippen molar-refractivity contribution in [3.63, 3.8) is 0 Å². The third-order valence-electron chi connectivity index (χ3n) is 5.34. The van der Waals surface area contributed by atoms with E-state index in [1.54, 1.807) is 19.1 Å². The van der Waals surface area contributed by atoms with Gasteiger partial charge >= 0.3 is 0 Å². The number of hydrogen-bond donors (Lipinski definition) is 1. The smallest absolute Gasteiger partial charge is 0.247 e. The first kappa shape index (κ1) is 22.1. The number of aryl methyl sites for hydroxylation is 2. The number of benzene rings is 2. The molecular weight excluding hydrogens is 402 g/mol. The van der Waals surface area contributed by atoms with Gasteiger partial charge in [-0.25, -0.2) is 8.42 Å². The molecule has 1 heterocycles. The Balaban J connectivity index is 1.76. The maximum Gasteiger partial charge on any atom is 0.247 e. The molecule has 2 aromatic carbocycles. The summed E-state index contributed by atoms with van der Waals surface area (Å²) in [5, 5.41) is 2.83. The molecule has 1 atom stereocenters. The Kier molecular flexibility index (Phi) is 6.67. The summed E-state index contributed by atoms with van der Waals surface area (Å²) in [6, 6.07) is 12.0. The number of hydrogen-bond acceptors (Lipinski definition) is 5. The van der Waals surface area contributed by atoms with Crippen LogP contribution in [0.5, 0.6) is 0 Å². The van der Waals surface area contributed by atoms with Gasteiger partial charge in [0, 0.05) is 24.5 Å². The van der Waals surface area contributed by atoms with Crippen LogP contribution in [0.25, 0.3) is 0 Å². The van der Waals surface area contributed by atoms with Gasteiger partial charge < -0.3 is 15.0 Å². The van der Waals surface area contributed by atoms with Gasteiger partial charge in [-0.15, -0.1) is 0 Å². The number of morpholine rings is 1. The zero-order valence-electron chi connectivity index (χ0n) is 17.9. The predicted octanol–water partition coefficient (Wildman–Crippen LogP) is 2.93. The number of amides is 1. The van der Waals surface area contributed by atoms with Crippen molar-refractivity contribution in [3.8, 4) is 0 Å². The van der Waals surface area contributed by atoms with Crippen LogP contribution in [-0.2, 0) is 19.6 Å². The molecule has 0 unspecified atom stereocenters. The second-order valence-corrected chi connectivity index (χ2v) is 9.50. The van der Waals surface area contributed by atoms with E-state index >= 15 is 0 Å². The molecule has 2 aromatic rings. The molecule has 0 aliphatic carbocycles. The molecule has 1 aliphatic rings. The highest BCUT2D eigenvalue weighted by atomic mass is 32.2. The van der Waals surface area contributed by atoms with Gasteiger partial charge in [-0.2, -0.15) is 0 Å². The summed E-state index contributed by atoms with van der Waals surface area (Å²) >= 11 is 0. The number of nitrogens with zero attached hydrogens (tertiary/aromatic N) is 2. The lowest BCUT2D eigenvalue weighted by Gasteiger charge is -2.29. The highest BCUT2D eigenvalue weighted by Crippen LogP contribution is 2.25. The predicted molar refractivity (Wildman–Crippen MR) is 121 cm³/mol. The van der Waals surface area contributed by atoms with E-state index in [4.69, 9.17) is 4.74 Å². The molecule has 1 N–H and O–H groups in total. The zero-order chi connectivity index (χ0) is 21.9. The van der Waals surface area contributed by atoms with Crippen molar-refractivity contribution in [1.29, 1.82) is 0 Å². The molecule has 0 spiro atoms. The number of carbonyl (C=O) groups excluding carboxylic acids is 1. The Labute approximate surface area is 178 Å². The Morgan fingerprint density at radius 2 is 1.70 bits per heavy atom. The summed E-state index contributed by atoms with van der Waals surface area (Å²) in [5.41, 5.74) is 4.19. The molecule has 162 valence electrons. The monoisotopic (exact) mass is 431 g/mol. The second-order valence-electron chi connectivity index (χ2n) is 7.64. The van der Waals surface area contributed by atoms with Crippen molar-refractivity contribution in [2.45, 2.75) is 26.8 Å². The Morgan fingerprint density at radius 3 is 2.27 bits per heavy atom. The summed E-state index contributed by atoms with van der Waals surface area (Å²) in [5.74, 6) is -0.391. The molecule has 1 fully saturated rings. The fourth-order valence-electron chi connectivity index (χ4n) is 3.50. The normalized spacial score (nSPS) is 15.5. The van der Waals surface area contributed by atoms with Crippen LogP contribution >= 0.6 is 0 Å². The molecular formula is C22H29N3O4S. The van der Waals surface area contributed by atoms with Crippen molar-refractivity contribution in [2.24, 2.45) is 0 Å². The van der Waals surface area contributed by atoms with Gasteiger partial charge in [0.25, 0.3) is 0 Å². The molecule has 8 heteroatoms. The fourth-order valence-corrected chi connectivity index (χ4v) is 4.66. The van der Waals surface area contributed by atoms with E-state index in [1.165, 1.54) is 0 Å². The average molecular weight is 432 g/mol. The van der Waals surface area contributed by atoms with E-state index < -0.39 is 22.0 Å². The van der Waals surface area contributed by atoms with Crippen molar-refractivity contribution in [3.05, 3.63) is 53.6 Å². The maximum atomic E-state index is 12.9. The second kappa shape index (κ2) is 9.06. The molecule has 1 saturated heterocycles. The largest absolute Gasteiger partial charge is 0.378 e. The topological polar surface area (TPSA) is 79.0 Å². The Bertz CT molecular complexity index is 1000. The van der Waals surface area contributed by atoms with Crippen LogP contribution < -0.4 is 14.5 Å². The zero-order valence-corrected chi connectivity index (χ0v) is 18.7. The molecule has 0 bridgehead atoms. The number of ether oxygens (including phenoxy) is 1. The van der Waals surface area contributed by atoms with Gasteiger partial charge in [0.2, 0.25) is 15.9 Å². The minimum atomic E-state index is -3.65. The van der Waals surface area contributed by atoms with E-state index in [1.807, 2.05) is 44.2 Å². The standard InChI is InChI=1S/C22H29N3O4S/c1-16-5-8-21(15-17(16)2)25(30(4,27)28)18(3)22(26)23-19-6-9-20(10-7-19)24-11-13-29-14-12-24/h5-10,15,18H,11-14H2,1-4H3,(H,23,26)/t18-/m0/s1. The van der Waals surface area contributed by atoms with Gasteiger partial charge in [0.05, 0.1) is 25.2 Å². The lowest BCUT2D eigenvalue weighted by Crippen LogP contribution is -2.45.